The zero-order chi connectivity index (χ0) is 16.0. The SMILES string of the molecule is CCN1CCc2cc(OCF)cc3c2[C@H]1Cc1cccc(O)c1-3. The highest BCUT2D eigenvalue weighted by Crippen LogP contribution is 2.49. The third kappa shape index (κ3) is 2.20. The summed E-state index contributed by atoms with van der Waals surface area (Å²) in [5, 5.41) is 10.4. The molecule has 4 rings (SSSR count). The van der Waals surface area contributed by atoms with Crippen molar-refractivity contribution in [2.45, 2.75) is 25.8 Å². The van der Waals surface area contributed by atoms with Crippen LogP contribution >= 0.6 is 0 Å². The van der Waals surface area contributed by atoms with Crippen LogP contribution in [0.4, 0.5) is 4.39 Å². The second-order valence-corrected chi connectivity index (χ2v) is 6.21. The van der Waals surface area contributed by atoms with Crippen LogP contribution in [0.1, 0.15) is 29.7 Å². The fraction of sp³-hybridized carbons (Fsp3) is 0.368. The molecule has 0 aromatic heterocycles. The number of phenols is 1. The van der Waals surface area contributed by atoms with Crippen molar-refractivity contribution >= 4 is 0 Å². The first-order valence-electron chi connectivity index (χ1n) is 8.13. The van der Waals surface area contributed by atoms with Gasteiger partial charge in [0.15, 0.2) is 0 Å². The summed E-state index contributed by atoms with van der Waals surface area (Å²) in [5.74, 6) is 0.829. The van der Waals surface area contributed by atoms with Gasteiger partial charge in [-0.1, -0.05) is 19.1 Å². The topological polar surface area (TPSA) is 32.7 Å². The molecule has 23 heavy (non-hydrogen) atoms. The summed E-state index contributed by atoms with van der Waals surface area (Å²) in [6.45, 7) is 3.35. The molecule has 120 valence electrons. The van der Waals surface area contributed by atoms with Crippen LogP contribution in [-0.2, 0) is 12.8 Å². The number of rotatable bonds is 3. The summed E-state index contributed by atoms with van der Waals surface area (Å²) in [7, 11) is 0. The van der Waals surface area contributed by atoms with E-state index >= 15 is 0 Å². The Hall–Kier alpha value is -2.07. The molecule has 0 bridgehead atoms. The summed E-state index contributed by atoms with van der Waals surface area (Å²) in [6.07, 6.45) is 1.83. The van der Waals surface area contributed by atoms with Gasteiger partial charge in [0, 0.05) is 18.2 Å². The van der Waals surface area contributed by atoms with Gasteiger partial charge in [-0.25, -0.2) is 4.39 Å². The third-order valence-electron chi connectivity index (χ3n) is 5.12. The van der Waals surface area contributed by atoms with Crippen LogP contribution in [0.15, 0.2) is 30.3 Å². The largest absolute Gasteiger partial charge is 0.507 e. The van der Waals surface area contributed by atoms with Gasteiger partial charge < -0.3 is 9.84 Å². The first-order valence-corrected chi connectivity index (χ1v) is 8.13. The van der Waals surface area contributed by atoms with E-state index in [1.165, 1.54) is 11.1 Å². The lowest BCUT2D eigenvalue weighted by molar-refractivity contribution is 0.185. The van der Waals surface area contributed by atoms with Crippen LogP contribution in [0.2, 0.25) is 0 Å². The highest BCUT2D eigenvalue weighted by atomic mass is 19.1. The van der Waals surface area contributed by atoms with Crippen LogP contribution in [0.25, 0.3) is 11.1 Å². The molecule has 1 atom stereocenters. The molecule has 1 heterocycles. The summed E-state index contributed by atoms with van der Waals surface area (Å²) in [4.78, 5) is 2.48. The van der Waals surface area contributed by atoms with Crippen LogP contribution in [0.5, 0.6) is 11.5 Å². The van der Waals surface area contributed by atoms with E-state index in [-0.39, 0.29) is 5.75 Å². The minimum Gasteiger partial charge on any atom is -0.507 e. The fourth-order valence-corrected chi connectivity index (χ4v) is 4.13. The number of benzene rings is 2. The highest BCUT2D eigenvalue weighted by Gasteiger charge is 2.35. The molecule has 1 aliphatic carbocycles. The molecule has 3 nitrogen and oxygen atoms in total. The van der Waals surface area contributed by atoms with E-state index < -0.39 is 6.86 Å². The summed E-state index contributed by atoms with van der Waals surface area (Å²) in [5.41, 5.74) is 5.51. The van der Waals surface area contributed by atoms with E-state index in [1.54, 1.807) is 6.07 Å². The summed E-state index contributed by atoms with van der Waals surface area (Å²) >= 11 is 0. The Morgan fingerprint density at radius 1 is 1.30 bits per heavy atom. The van der Waals surface area contributed by atoms with Crippen molar-refractivity contribution in [2.24, 2.45) is 0 Å². The number of likely N-dealkylation sites (N-methyl/N-ethyl adjacent to an activating group) is 1. The quantitative estimate of drug-likeness (QED) is 0.934. The van der Waals surface area contributed by atoms with Crippen LogP contribution in [0.3, 0.4) is 0 Å². The standard InChI is InChI=1S/C19H20FNO2/c1-2-21-7-6-13-8-14(23-11-20)10-15-18(13)16(21)9-12-4-3-5-17(22)19(12)15/h3-5,8,10,16,22H,2,6-7,9,11H2,1H3/t16-/m1/s1. The maximum Gasteiger partial charge on any atom is 0.228 e. The first kappa shape index (κ1) is 14.5. The molecule has 0 radical (unpaired) electrons. The van der Waals surface area contributed by atoms with Gasteiger partial charge in [0.25, 0.3) is 0 Å². The molecule has 0 fully saturated rings. The Morgan fingerprint density at radius 3 is 2.96 bits per heavy atom. The second kappa shape index (κ2) is 5.53. The Balaban J connectivity index is 1.97. The maximum atomic E-state index is 12.6. The van der Waals surface area contributed by atoms with Crippen molar-refractivity contribution in [3.8, 4) is 22.6 Å². The average Bonchev–Trinajstić information content (AvgIpc) is 2.55. The van der Waals surface area contributed by atoms with Gasteiger partial charge in [-0.05, 0) is 59.8 Å². The van der Waals surface area contributed by atoms with Gasteiger partial charge in [0.05, 0.1) is 0 Å². The van der Waals surface area contributed by atoms with Gasteiger partial charge in [-0.15, -0.1) is 0 Å². The van der Waals surface area contributed by atoms with Gasteiger partial charge in [-0.3, -0.25) is 4.90 Å². The monoisotopic (exact) mass is 313 g/mol. The smallest absolute Gasteiger partial charge is 0.228 e. The Bertz CT molecular complexity index is 759. The summed E-state index contributed by atoms with van der Waals surface area (Å²) < 4.78 is 17.8. The Morgan fingerprint density at radius 2 is 2.17 bits per heavy atom. The Labute approximate surface area is 135 Å². The number of fused-ring (bicyclic) bond motifs is 2. The molecule has 0 spiro atoms. The average molecular weight is 313 g/mol. The third-order valence-corrected chi connectivity index (χ3v) is 5.12. The second-order valence-electron chi connectivity index (χ2n) is 6.21. The Kier molecular flexibility index (Phi) is 3.49. The molecule has 0 saturated carbocycles. The minimum absolute atomic E-state index is 0.286. The number of aromatic hydroxyl groups is 1. The van der Waals surface area contributed by atoms with Crippen molar-refractivity contribution in [1.82, 2.24) is 4.90 Å². The van der Waals surface area contributed by atoms with Crippen molar-refractivity contribution in [3.05, 3.63) is 47.0 Å². The lowest BCUT2D eigenvalue weighted by Gasteiger charge is -2.41. The molecular weight excluding hydrogens is 293 g/mol. The minimum atomic E-state index is -0.837. The molecule has 2 aromatic carbocycles. The number of nitrogens with zero attached hydrogens (tertiary/aromatic N) is 1. The molecule has 1 N–H and O–H groups in total. The normalized spacial score (nSPS) is 19.1. The van der Waals surface area contributed by atoms with Gasteiger partial charge in [0.1, 0.15) is 11.5 Å². The number of hydrogen-bond acceptors (Lipinski definition) is 3. The molecule has 2 aliphatic rings. The van der Waals surface area contributed by atoms with E-state index in [0.717, 1.165) is 42.6 Å². The molecular formula is C19H20FNO2. The molecule has 2 aromatic rings. The van der Waals surface area contributed by atoms with E-state index in [1.807, 2.05) is 18.2 Å². The van der Waals surface area contributed by atoms with E-state index in [9.17, 15) is 9.50 Å². The van der Waals surface area contributed by atoms with Crippen molar-refractivity contribution in [3.63, 3.8) is 0 Å². The number of alkyl halides is 1. The number of hydrogen-bond donors (Lipinski definition) is 1. The number of ether oxygens (including phenoxy) is 1. The van der Waals surface area contributed by atoms with Crippen LogP contribution in [-0.4, -0.2) is 30.0 Å². The van der Waals surface area contributed by atoms with E-state index in [2.05, 4.69) is 17.9 Å². The lowest BCUT2D eigenvalue weighted by atomic mass is 9.76. The van der Waals surface area contributed by atoms with Gasteiger partial charge >= 0.3 is 0 Å². The van der Waals surface area contributed by atoms with Crippen molar-refractivity contribution in [1.29, 1.82) is 0 Å². The van der Waals surface area contributed by atoms with Crippen LogP contribution < -0.4 is 4.74 Å². The van der Waals surface area contributed by atoms with E-state index in [4.69, 9.17) is 4.74 Å². The van der Waals surface area contributed by atoms with E-state index in [0.29, 0.717) is 11.8 Å². The predicted octanol–water partition coefficient (Wildman–Crippen LogP) is 3.84. The van der Waals surface area contributed by atoms with Crippen molar-refractivity contribution in [2.75, 3.05) is 20.0 Å². The fourth-order valence-electron chi connectivity index (χ4n) is 4.13. The highest BCUT2D eigenvalue weighted by molar-refractivity contribution is 5.81. The maximum absolute atomic E-state index is 12.6. The number of phenolic OH excluding ortho intramolecular Hbond substituents is 1. The van der Waals surface area contributed by atoms with Crippen molar-refractivity contribution < 1.29 is 14.2 Å². The predicted molar refractivity (Wildman–Crippen MR) is 87.5 cm³/mol. The molecule has 0 unspecified atom stereocenters. The zero-order valence-corrected chi connectivity index (χ0v) is 13.2. The molecule has 0 amide bonds. The summed E-state index contributed by atoms with van der Waals surface area (Å²) in [6, 6.07) is 9.84. The molecule has 0 saturated heterocycles. The number of halogens is 1. The zero-order valence-electron chi connectivity index (χ0n) is 13.2. The molecule has 1 aliphatic heterocycles. The molecule has 4 heteroatoms. The van der Waals surface area contributed by atoms with Gasteiger partial charge in [-0.2, -0.15) is 0 Å². The lowest BCUT2D eigenvalue weighted by Crippen LogP contribution is -2.38. The first-order chi connectivity index (χ1) is 11.2. The van der Waals surface area contributed by atoms with Crippen LogP contribution in [0, 0.1) is 0 Å². The van der Waals surface area contributed by atoms with Gasteiger partial charge in [0.2, 0.25) is 6.86 Å².